The molecule has 2 N–H and O–H groups in total. The van der Waals surface area contributed by atoms with Crippen molar-refractivity contribution in [2.24, 2.45) is 0 Å². The SMILES string of the molecule is C=CC1=C(C=C)NC(=O)CN1.CCC.CF.CF.[HH]. The summed E-state index contributed by atoms with van der Waals surface area (Å²) in [5.74, 6) is -0.0505. The number of rotatable bonds is 2. The molecule has 1 aliphatic heterocycles. The Morgan fingerprint density at radius 1 is 1.17 bits per heavy atom. The van der Waals surface area contributed by atoms with Crippen LogP contribution in [0, 0.1) is 0 Å². The summed E-state index contributed by atoms with van der Waals surface area (Å²) in [7, 11) is 1.00. The minimum atomic E-state index is -0.0505. The Balaban J connectivity index is -0.000000121. The molecule has 1 amide bonds. The number of hydrogen-bond donors (Lipinski definition) is 2. The second kappa shape index (κ2) is 17.7. The standard InChI is InChI=1S/C8H10N2O.C3H8.2CH3F.H2/c1-3-6-7(4-2)10-8(11)5-9-6;1-3-2;2*1-2;/h3-4,9H,1-2,5H2,(H,10,11);3H2,1-2H3;2*1H3;1H. The zero-order valence-corrected chi connectivity index (χ0v) is 11.6. The van der Waals surface area contributed by atoms with Gasteiger partial charge in [-0.15, -0.1) is 0 Å². The number of carbonyl (C=O) groups is 1. The van der Waals surface area contributed by atoms with Crippen LogP contribution in [-0.2, 0) is 4.79 Å². The second-order valence-electron chi connectivity index (χ2n) is 2.84. The van der Waals surface area contributed by atoms with Crippen LogP contribution < -0.4 is 10.6 Å². The topological polar surface area (TPSA) is 41.1 Å². The molecule has 108 valence electrons. The Kier molecular flexibility index (Phi) is 21.3. The van der Waals surface area contributed by atoms with Gasteiger partial charge in [0.15, 0.2) is 0 Å². The van der Waals surface area contributed by atoms with E-state index >= 15 is 0 Å². The maximum atomic E-state index is 10.8. The van der Waals surface area contributed by atoms with Gasteiger partial charge in [-0.2, -0.15) is 0 Å². The molecular formula is C13H26F2N2O. The molecule has 1 rings (SSSR count). The molecule has 0 radical (unpaired) electrons. The molecule has 0 saturated carbocycles. The lowest BCUT2D eigenvalue weighted by molar-refractivity contribution is -0.119. The summed E-state index contributed by atoms with van der Waals surface area (Å²) in [6.45, 7) is 11.7. The Labute approximate surface area is 110 Å². The number of allylic oxidation sites excluding steroid dienone is 2. The van der Waals surface area contributed by atoms with Gasteiger partial charge in [-0.05, 0) is 12.2 Å². The first-order valence-electron chi connectivity index (χ1n) is 5.48. The normalized spacial score (nSPS) is 12.0. The molecule has 18 heavy (non-hydrogen) atoms. The average molecular weight is 264 g/mol. The van der Waals surface area contributed by atoms with Crippen LogP contribution >= 0.6 is 0 Å². The first-order valence-corrected chi connectivity index (χ1v) is 5.48. The van der Waals surface area contributed by atoms with Crippen LogP contribution in [0.15, 0.2) is 36.7 Å². The molecule has 1 heterocycles. The van der Waals surface area contributed by atoms with Crippen LogP contribution in [0.2, 0.25) is 0 Å². The monoisotopic (exact) mass is 264 g/mol. The average Bonchev–Trinajstić information content (AvgIpc) is 2.44. The van der Waals surface area contributed by atoms with Gasteiger partial charge in [0.05, 0.1) is 32.3 Å². The molecule has 0 aromatic rings. The van der Waals surface area contributed by atoms with Crippen LogP contribution in [0.1, 0.15) is 21.7 Å². The van der Waals surface area contributed by atoms with Crippen molar-refractivity contribution in [3.8, 4) is 0 Å². The van der Waals surface area contributed by atoms with E-state index in [-0.39, 0.29) is 7.33 Å². The van der Waals surface area contributed by atoms with Gasteiger partial charge in [0.1, 0.15) is 0 Å². The van der Waals surface area contributed by atoms with Crippen molar-refractivity contribution >= 4 is 5.91 Å². The Bertz CT molecular complexity index is 269. The molecule has 0 bridgehead atoms. The van der Waals surface area contributed by atoms with Crippen molar-refractivity contribution in [3.63, 3.8) is 0 Å². The summed E-state index contributed by atoms with van der Waals surface area (Å²) in [4.78, 5) is 10.8. The fourth-order valence-corrected chi connectivity index (χ4v) is 0.876. The molecular weight excluding hydrogens is 238 g/mol. The highest BCUT2D eigenvalue weighted by molar-refractivity contribution is 5.82. The third kappa shape index (κ3) is 10.9. The van der Waals surface area contributed by atoms with E-state index in [4.69, 9.17) is 0 Å². The number of carbonyl (C=O) groups excluding carboxylic acids is 1. The van der Waals surface area contributed by atoms with Crippen LogP contribution in [0.25, 0.3) is 0 Å². The number of halogens is 2. The minimum Gasteiger partial charge on any atom is -0.374 e. The number of hydrogen-bond acceptors (Lipinski definition) is 2. The van der Waals surface area contributed by atoms with Crippen molar-refractivity contribution in [1.82, 2.24) is 10.6 Å². The van der Waals surface area contributed by atoms with Crippen molar-refractivity contribution < 1.29 is 15.0 Å². The largest absolute Gasteiger partial charge is 0.374 e. The van der Waals surface area contributed by atoms with Gasteiger partial charge in [-0.1, -0.05) is 33.4 Å². The van der Waals surface area contributed by atoms with Gasteiger partial charge >= 0.3 is 0 Å². The van der Waals surface area contributed by atoms with Gasteiger partial charge in [0, 0.05) is 1.43 Å². The van der Waals surface area contributed by atoms with Crippen molar-refractivity contribution in [2.45, 2.75) is 20.3 Å². The molecule has 0 atom stereocenters. The van der Waals surface area contributed by atoms with E-state index in [1.807, 2.05) is 0 Å². The van der Waals surface area contributed by atoms with E-state index in [1.54, 1.807) is 12.2 Å². The first kappa shape index (κ1) is 21.6. The van der Waals surface area contributed by atoms with E-state index in [2.05, 4.69) is 37.6 Å². The fraction of sp³-hybridized carbons (Fsp3) is 0.462. The molecule has 0 aromatic heterocycles. The molecule has 0 fully saturated rings. The van der Waals surface area contributed by atoms with Gasteiger partial charge in [0.2, 0.25) is 5.91 Å². The number of nitrogens with one attached hydrogen (secondary N) is 2. The second-order valence-corrected chi connectivity index (χ2v) is 2.84. The lowest BCUT2D eigenvalue weighted by atomic mass is 10.2. The molecule has 5 heteroatoms. The summed E-state index contributed by atoms with van der Waals surface area (Å²) in [5, 5.41) is 5.55. The lowest BCUT2D eigenvalue weighted by Crippen LogP contribution is -2.39. The third-order valence-corrected chi connectivity index (χ3v) is 1.41. The zero-order valence-electron chi connectivity index (χ0n) is 11.6. The molecule has 0 saturated heterocycles. The van der Waals surface area contributed by atoms with Gasteiger partial charge in [0.25, 0.3) is 0 Å². The van der Waals surface area contributed by atoms with Crippen molar-refractivity contribution in [2.75, 3.05) is 20.9 Å². The van der Waals surface area contributed by atoms with Gasteiger partial charge < -0.3 is 10.6 Å². The van der Waals surface area contributed by atoms with E-state index in [0.717, 1.165) is 5.70 Å². The summed E-state index contributed by atoms with van der Waals surface area (Å²) >= 11 is 0. The zero-order chi connectivity index (χ0) is 15.0. The van der Waals surface area contributed by atoms with E-state index in [1.165, 1.54) is 6.42 Å². The predicted molar refractivity (Wildman–Crippen MR) is 75.7 cm³/mol. The third-order valence-electron chi connectivity index (χ3n) is 1.41. The summed E-state index contributed by atoms with van der Waals surface area (Å²) in [6, 6.07) is 0. The molecule has 0 spiro atoms. The summed E-state index contributed by atoms with van der Waals surface area (Å²) in [5.41, 5.74) is 1.51. The molecule has 0 aromatic carbocycles. The Morgan fingerprint density at radius 2 is 1.56 bits per heavy atom. The maximum absolute atomic E-state index is 10.8. The van der Waals surface area contributed by atoms with Crippen LogP contribution in [0.4, 0.5) is 8.78 Å². The highest BCUT2D eigenvalue weighted by Gasteiger charge is 2.11. The summed E-state index contributed by atoms with van der Waals surface area (Å²) in [6.07, 6.45) is 4.48. The fourth-order valence-electron chi connectivity index (χ4n) is 0.876. The van der Waals surface area contributed by atoms with Gasteiger partial charge in [-0.25, -0.2) is 0 Å². The smallest absolute Gasteiger partial charge is 0.243 e. The van der Waals surface area contributed by atoms with E-state index in [9.17, 15) is 13.6 Å². The van der Waals surface area contributed by atoms with Gasteiger partial charge in [-0.3, -0.25) is 13.6 Å². The lowest BCUT2D eigenvalue weighted by Gasteiger charge is -2.17. The van der Waals surface area contributed by atoms with Crippen molar-refractivity contribution in [1.29, 1.82) is 0 Å². The van der Waals surface area contributed by atoms with E-state index < -0.39 is 0 Å². The molecule has 1 aliphatic rings. The number of amides is 1. The molecule has 0 unspecified atom stereocenters. The van der Waals surface area contributed by atoms with E-state index in [0.29, 0.717) is 26.6 Å². The Hall–Kier alpha value is -1.65. The highest BCUT2D eigenvalue weighted by atomic mass is 19.1. The maximum Gasteiger partial charge on any atom is 0.243 e. The van der Waals surface area contributed by atoms with Crippen molar-refractivity contribution in [3.05, 3.63) is 36.7 Å². The molecule has 3 nitrogen and oxygen atoms in total. The number of alkyl halides is 2. The molecule has 0 aliphatic carbocycles. The quantitative estimate of drug-likeness (QED) is 0.804. The predicted octanol–water partition coefficient (Wildman–Crippen LogP) is 3.12. The van der Waals surface area contributed by atoms with Crippen LogP contribution in [-0.4, -0.2) is 26.8 Å². The first-order chi connectivity index (χ1) is 8.69. The summed E-state index contributed by atoms with van der Waals surface area (Å²) < 4.78 is 19.0. The highest BCUT2D eigenvalue weighted by Crippen LogP contribution is 2.03. The Morgan fingerprint density at radius 3 is 1.89 bits per heavy atom. The van der Waals surface area contributed by atoms with Crippen LogP contribution in [0.5, 0.6) is 0 Å². The van der Waals surface area contributed by atoms with Crippen LogP contribution in [0.3, 0.4) is 0 Å². The minimum absolute atomic E-state index is 0.